The minimum absolute atomic E-state index is 0.234. The molecule has 0 aliphatic heterocycles. The monoisotopic (exact) mass is 328 g/mol. The molecule has 4 heteroatoms. The fourth-order valence-corrected chi connectivity index (χ4v) is 1.92. The molecule has 0 bridgehead atoms. The Bertz CT molecular complexity index is 621. The molecule has 100 valence electrons. The van der Waals surface area contributed by atoms with Crippen LogP contribution in [0.4, 0.5) is 0 Å². The summed E-state index contributed by atoms with van der Waals surface area (Å²) in [7, 11) is 0. The van der Waals surface area contributed by atoms with E-state index in [1.54, 1.807) is 18.3 Å². The van der Waals surface area contributed by atoms with Gasteiger partial charge in [-0.2, -0.15) is 5.10 Å². The van der Waals surface area contributed by atoms with E-state index in [2.05, 4.69) is 26.5 Å². The highest BCUT2D eigenvalue weighted by molar-refractivity contribution is 9.12. The first-order chi connectivity index (χ1) is 9.75. The van der Waals surface area contributed by atoms with Gasteiger partial charge >= 0.3 is 0 Å². The van der Waals surface area contributed by atoms with Gasteiger partial charge in [0.1, 0.15) is 0 Å². The zero-order chi connectivity index (χ0) is 14.2. The van der Waals surface area contributed by atoms with E-state index in [1.165, 1.54) is 0 Å². The number of hydrogen-bond acceptors (Lipinski definition) is 2. The lowest BCUT2D eigenvalue weighted by atomic mass is 10.2. The van der Waals surface area contributed by atoms with E-state index >= 15 is 0 Å². The van der Waals surface area contributed by atoms with Gasteiger partial charge in [-0.25, -0.2) is 5.43 Å². The van der Waals surface area contributed by atoms with Crippen LogP contribution in [0.5, 0.6) is 0 Å². The Labute approximate surface area is 126 Å². The third-order valence-corrected chi connectivity index (χ3v) is 2.93. The van der Waals surface area contributed by atoms with Crippen molar-refractivity contribution in [3.63, 3.8) is 0 Å². The molecular formula is C16H13BrN2O. The first kappa shape index (κ1) is 14.2. The predicted molar refractivity (Wildman–Crippen MR) is 85.7 cm³/mol. The maximum atomic E-state index is 11.7. The van der Waals surface area contributed by atoms with E-state index in [4.69, 9.17) is 0 Å². The Morgan fingerprint density at radius 3 is 2.25 bits per heavy atom. The van der Waals surface area contributed by atoms with Crippen LogP contribution < -0.4 is 5.43 Å². The standard InChI is InChI=1S/C16H13BrN2O/c17-15(11-13-7-3-1-4-8-13)12-18-19-16(20)14-9-5-2-6-10-14/h1-12H,(H,19,20)/b15-11-,18-12+. The van der Waals surface area contributed by atoms with E-state index in [9.17, 15) is 4.79 Å². The van der Waals surface area contributed by atoms with Crippen molar-refractivity contribution in [2.75, 3.05) is 0 Å². The van der Waals surface area contributed by atoms with E-state index in [0.717, 1.165) is 10.0 Å². The molecule has 0 aromatic heterocycles. The van der Waals surface area contributed by atoms with Gasteiger partial charge in [0.2, 0.25) is 0 Å². The van der Waals surface area contributed by atoms with Crippen molar-refractivity contribution >= 4 is 34.1 Å². The molecule has 2 rings (SSSR count). The Hall–Kier alpha value is -2.20. The zero-order valence-electron chi connectivity index (χ0n) is 10.7. The average molecular weight is 329 g/mol. The molecule has 20 heavy (non-hydrogen) atoms. The first-order valence-electron chi connectivity index (χ1n) is 6.06. The van der Waals surface area contributed by atoms with Gasteiger partial charge in [0, 0.05) is 10.0 Å². The van der Waals surface area contributed by atoms with Crippen LogP contribution in [0.25, 0.3) is 6.08 Å². The third-order valence-electron chi connectivity index (χ3n) is 2.49. The second-order valence-corrected chi connectivity index (χ2v) is 4.92. The molecule has 0 saturated heterocycles. The van der Waals surface area contributed by atoms with Gasteiger partial charge < -0.3 is 0 Å². The molecule has 2 aromatic carbocycles. The molecule has 1 amide bonds. The normalized spacial score (nSPS) is 11.6. The molecule has 0 atom stereocenters. The van der Waals surface area contributed by atoms with E-state index < -0.39 is 0 Å². The van der Waals surface area contributed by atoms with Gasteiger partial charge in [0.25, 0.3) is 5.91 Å². The number of allylic oxidation sites excluding steroid dienone is 1. The molecule has 0 saturated carbocycles. The van der Waals surface area contributed by atoms with Crippen molar-refractivity contribution in [1.29, 1.82) is 0 Å². The average Bonchev–Trinajstić information content (AvgIpc) is 2.49. The van der Waals surface area contributed by atoms with Crippen LogP contribution >= 0.6 is 15.9 Å². The lowest BCUT2D eigenvalue weighted by Gasteiger charge is -1.98. The summed E-state index contributed by atoms with van der Waals surface area (Å²) in [6, 6.07) is 18.8. The number of carbonyl (C=O) groups excluding carboxylic acids is 1. The van der Waals surface area contributed by atoms with Crippen molar-refractivity contribution in [1.82, 2.24) is 5.43 Å². The molecule has 0 fully saturated rings. The van der Waals surface area contributed by atoms with Crippen molar-refractivity contribution in [2.24, 2.45) is 5.10 Å². The van der Waals surface area contributed by atoms with Crippen molar-refractivity contribution in [3.8, 4) is 0 Å². The van der Waals surface area contributed by atoms with E-state index in [1.807, 2.05) is 54.6 Å². The lowest BCUT2D eigenvalue weighted by molar-refractivity contribution is 0.0955. The van der Waals surface area contributed by atoms with Gasteiger partial charge in [-0.15, -0.1) is 0 Å². The maximum absolute atomic E-state index is 11.7. The number of nitrogens with zero attached hydrogens (tertiary/aromatic N) is 1. The Morgan fingerprint density at radius 1 is 1.00 bits per heavy atom. The van der Waals surface area contributed by atoms with Crippen LogP contribution in [0.3, 0.4) is 0 Å². The molecule has 1 N–H and O–H groups in total. The van der Waals surface area contributed by atoms with Gasteiger partial charge in [0.05, 0.1) is 6.21 Å². The first-order valence-corrected chi connectivity index (χ1v) is 6.86. The fourth-order valence-electron chi connectivity index (χ4n) is 1.55. The minimum atomic E-state index is -0.234. The highest BCUT2D eigenvalue weighted by Crippen LogP contribution is 2.09. The van der Waals surface area contributed by atoms with Crippen molar-refractivity contribution in [3.05, 3.63) is 76.3 Å². The topological polar surface area (TPSA) is 41.5 Å². The smallest absolute Gasteiger partial charge is 0.267 e. The number of hydrogen-bond donors (Lipinski definition) is 1. The summed E-state index contributed by atoms with van der Waals surface area (Å²) in [4.78, 5) is 11.7. The molecule has 0 radical (unpaired) electrons. The van der Waals surface area contributed by atoms with Crippen LogP contribution in [-0.2, 0) is 0 Å². The van der Waals surface area contributed by atoms with Crippen molar-refractivity contribution in [2.45, 2.75) is 0 Å². The Balaban J connectivity index is 1.94. The SMILES string of the molecule is O=C(N/N=C/C(Br)=C/c1ccccc1)c1ccccc1. The second-order valence-electron chi connectivity index (χ2n) is 4.01. The van der Waals surface area contributed by atoms with Gasteiger partial charge in [-0.1, -0.05) is 48.5 Å². The number of hydrazone groups is 1. The number of benzene rings is 2. The molecule has 0 heterocycles. The van der Waals surface area contributed by atoms with Crippen LogP contribution in [0.1, 0.15) is 15.9 Å². The maximum Gasteiger partial charge on any atom is 0.271 e. The largest absolute Gasteiger partial charge is 0.271 e. The second kappa shape index (κ2) is 7.40. The Morgan fingerprint density at radius 2 is 1.60 bits per heavy atom. The summed E-state index contributed by atoms with van der Waals surface area (Å²) in [5.74, 6) is -0.234. The highest BCUT2D eigenvalue weighted by Gasteiger charge is 2.01. The van der Waals surface area contributed by atoms with Gasteiger partial charge in [-0.3, -0.25) is 4.79 Å². The number of carbonyl (C=O) groups is 1. The molecule has 2 aromatic rings. The number of amides is 1. The lowest BCUT2D eigenvalue weighted by Crippen LogP contribution is -2.17. The fraction of sp³-hybridized carbons (Fsp3) is 0. The summed E-state index contributed by atoms with van der Waals surface area (Å²) in [6.07, 6.45) is 3.46. The van der Waals surface area contributed by atoms with Gasteiger partial charge in [-0.05, 0) is 39.7 Å². The summed E-state index contributed by atoms with van der Waals surface area (Å²) in [5.41, 5.74) is 4.11. The summed E-state index contributed by atoms with van der Waals surface area (Å²) >= 11 is 3.38. The Kier molecular flexibility index (Phi) is 5.26. The molecule has 0 aliphatic carbocycles. The number of nitrogens with one attached hydrogen (secondary N) is 1. The summed E-state index contributed by atoms with van der Waals surface area (Å²) in [6.45, 7) is 0. The highest BCUT2D eigenvalue weighted by atomic mass is 79.9. The molecular weight excluding hydrogens is 316 g/mol. The number of rotatable bonds is 4. The van der Waals surface area contributed by atoms with Crippen LogP contribution in [0, 0.1) is 0 Å². The minimum Gasteiger partial charge on any atom is -0.267 e. The summed E-state index contributed by atoms with van der Waals surface area (Å²) in [5, 5.41) is 3.90. The quantitative estimate of drug-likeness (QED) is 0.672. The van der Waals surface area contributed by atoms with Crippen LogP contribution in [0.15, 0.2) is 70.2 Å². The third kappa shape index (κ3) is 4.48. The molecule has 3 nitrogen and oxygen atoms in total. The van der Waals surface area contributed by atoms with Crippen LogP contribution in [0.2, 0.25) is 0 Å². The van der Waals surface area contributed by atoms with E-state index in [0.29, 0.717) is 5.56 Å². The zero-order valence-corrected chi connectivity index (χ0v) is 12.2. The van der Waals surface area contributed by atoms with Gasteiger partial charge in [0.15, 0.2) is 0 Å². The van der Waals surface area contributed by atoms with Crippen LogP contribution in [-0.4, -0.2) is 12.1 Å². The molecule has 0 aliphatic rings. The summed E-state index contributed by atoms with van der Waals surface area (Å²) < 4.78 is 0.775. The van der Waals surface area contributed by atoms with E-state index in [-0.39, 0.29) is 5.91 Å². The molecule has 0 spiro atoms. The predicted octanol–water partition coefficient (Wildman–Crippen LogP) is 3.84. The number of halogens is 1. The van der Waals surface area contributed by atoms with Crippen molar-refractivity contribution < 1.29 is 4.79 Å². The molecule has 0 unspecified atom stereocenters.